The van der Waals surface area contributed by atoms with Crippen molar-refractivity contribution in [1.82, 2.24) is 5.32 Å². The van der Waals surface area contributed by atoms with Crippen LogP contribution in [-0.4, -0.2) is 25.6 Å². The van der Waals surface area contributed by atoms with E-state index in [0.29, 0.717) is 24.9 Å². The van der Waals surface area contributed by atoms with Crippen LogP contribution in [0.3, 0.4) is 0 Å². The van der Waals surface area contributed by atoms with Gasteiger partial charge in [0.2, 0.25) is 5.91 Å². The van der Waals surface area contributed by atoms with Gasteiger partial charge in [0, 0.05) is 25.0 Å². The average molecular weight is 330 g/mol. The standard InChI is InChI=1S/C20H30N2O2/c1-14-7-9-15(10-8-14)19-17(5-3-11-24-19)13-22-20(23)18-6-2-4-16(18)12-21/h7-10,16-19H,2-6,11-13,21H2,1H3,(H,22,23)/t16-,17?,18-,19?/m1/s1. The summed E-state index contributed by atoms with van der Waals surface area (Å²) in [6.45, 7) is 4.22. The maximum absolute atomic E-state index is 12.5. The SMILES string of the molecule is Cc1ccc(C2OCCCC2CNC(=O)[C@@H]2CCC[C@@H]2CN)cc1. The number of hydrogen-bond donors (Lipinski definition) is 2. The average Bonchev–Trinajstić information content (AvgIpc) is 3.09. The van der Waals surface area contributed by atoms with Gasteiger partial charge in [0.15, 0.2) is 0 Å². The number of carbonyl (C=O) groups excluding carboxylic acids is 1. The summed E-state index contributed by atoms with van der Waals surface area (Å²) < 4.78 is 6.05. The van der Waals surface area contributed by atoms with E-state index in [-0.39, 0.29) is 17.9 Å². The van der Waals surface area contributed by atoms with Crippen LogP contribution in [0.1, 0.15) is 49.3 Å². The molecule has 2 fully saturated rings. The first kappa shape index (κ1) is 17.4. The Morgan fingerprint density at radius 2 is 1.92 bits per heavy atom. The van der Waals surface area contributed by atoms with Crippen LogP contribution in [-0.2, 0) is 9.53 Å². The number of nitrogens with two attached hydrogens (primary N) is 1. The Morgan fingerprint density at radius 1 is 1.17 bits per heavy atom. The molecule has 1 aromatic carbocycles. The van der Waals surface area contributed by atoms with Crippen LogP contribution in [0, 0.1) is 24.7 Å². The molecular formula is C20H30N2O2. The highest BCUT2D eigenvalue weighted by Gasteiger charge is 2.33. The molecule has 1 saturated heterocycles. The number of amides is 1. The maximum atomic E-state index is 12.5. The molecule has 4 nitrogen and oxygen atoms in total. The fraction of sp³-hybridized carbons (Fsp3) is 0.650. The van der Waals surface area contributed by atoms with Gasteiger partial charge in [-0.15, -0.1) is 0 Å². The van der Waals surface area contributed by atoms with Crippen LogP contribution in [0.15, 0.2) is 24.3 Å². The number of nitrogens with one attached hydrogen (secondary N) is 1. The fourth-order valence-electron chi connectivity index (χ4n) is 4.20. The summed E-state index contributed by atoms with van der Waals surface area (Å²) in [5, 5.41) is 3.20. The first-order valence-electron chi connectivity index (χ1n) is 9.35. The molecule has 0 spiro atoms. The molecule has 1 saturated carbocycles. The summed E-state index contributed by atoms with van der Waals surface area (Å²) in [7, 11) is 0. The number of rotatable bonds is 5. The number of ether oxygens (including phenoxy) is 1. The Labute approximate surface area is 145 Å². The van der Waals surface area contributed by atoms with E-state index in [9.17, 15) is 4.79 Å². The Kier molecular flexibility index (Phi) is 5.90. The second-order valence-corrected chi connectivity index (χ2v) is 7.38. The van der Waals surface area contributed by atoms with E-state index in [1.54, 1.807) is 0 Å². The molecule has 1 aromatic rings. The summed E-state index contributed by atoms with van der Waals surface area (Å²) >= 11 is 0. The Hall–Kier alpha value is -1.39. The zero-order chi connectivity index (χ0) is 16.9. The number of hydrogen-bond acceptors (Lipinski definition) is 3. The van der Waals surface area contributed by atoms with Gasteiger partial charge in [-0.05, 0) is 50.6 Å². The van der Waals surface area contributed by atoms with Gasteiger partial charge in [0.1, 0.15) is 0 Å². The third-order valence-corrected chi connectivity index (χ3v) is 5.69. The van der Waals surface area contributed by atoms with Crippen LogP contribution in [0.2, 0.25) is 0 Å². The van der Waals surface area contributed by atoms with E-state index in [1.807, 2.05) is 0 Å². The lowest BCUT2D eigenvalue weighted by Gasteiger charge is -2.32. The van der Waals surface area contributed by atoms with Gasteiger partial charge in [-0.2, -0.15) is 0 Å². The minimum absolute atomic E-state index is 0.0912. The molecule has 1 amide bonds. The molecule has 0 radical (unpaired) electrons. The van der Waals surface area contributed by atoms with E-state index in [1.165, 1.54) is 11.1 Å². The summed E-state index contributed by atoms with van der Waals surface area (Å²) in [6, 6.07) is 8.57. The molecule has 24 heavy (non-hydrogen) atoms. The van der Waals surface area contributed by atoms with Gasteiger partial charge >= 0.3 is 0 Å². The van der Waals surface area contributed by atoms with Crippen molar-refractivity contribution >= 4 is 5.91 Å². The molecule has 4 heteroatoms. The van der Waals surface area contributed by atoms with Gasteiger partial charge < -0.3 is 15.8 Å². The summed E-state index contributed by atoms with van der Waals surface area (Å²) in [5.74, 6) is 1.01. The smallest absolute Gasteiger partial charge is 0.223 e. The lowest BCUT2D eigenvalue weighted by Crippen LogP contribution is -2.40. The van der Waals surface area contributed by atoms with E-state index >= 15 is 0 Å². The van der Waals surface area contributed by atoms with Crippen molar-refractivity contribution in [3.8, 4) is 0 Å². The van der Waals surface area contributed by atoms with Crippen molar-refractivity contribution in [2.75, 3.05) is 19.7 Å². The van der Waals surface area contributed by atoms with Crippen molar-refractivity contribution in [1.29, 1.82) is 0 Å². The van der Waals surface area contributed by atoms with Gasteiger partial charge in [-0.1, -0.05) is 36.2 Å². The van der Waals surface area contributed by atoms with Crippen LogP contribution < -0.4 is 11.1 Å². The molecule has 3 rings (SSSR count). The van der Waals surface area contributed by atoms with E-state index in [4.69, 9.17) is 10.5 Å². The van der Waals surface area contributed by atoms with Gasteiger partial charge in [0.05, 0.1) is 6.10 Å². The molecule has 0 bridgehead atoms. The van der Waals surface area contributed by atoms with Crippen LogP contribution in [0.5, 0.6) is 0 Å². The van der Waals surface area contributed by atoms with Crippen LogP contribution in [0.25, 0.3) is 0 Å². The second kappa shape index (κ2) is 8.13. The van der Waals surface area contributed by atoms with E-state index in [0.717, 1.165) is 38.7 Å². The normalized spacial score (nSPS) is 30.2. The Bertz CT molecular complexity index is 543. The van der Waals surface area contributed by atoms with Gasteiger partial charge in [-0.25, -0.2) is 0 Å². The van der Waals surface area contributed by atoms with Crippen LogP contribution >= 0.6 is 0 Å². The van der Waals surface area contributed by atoms with Crippen molar-refractivity contribution in [3.63, 3.8) is 0 Å². The largest absolute Gasteiger partial charge is 0.373 e. The van der Waals surface area contributed by atoms with Crippen LogP contribution in [0.4, 0.5) is 0 Å². The summed E-state index contributed by atoms with van der Waals surface area (Å²) in [6.07, 6.45) is 5.46. The lowest BCUT2D eigenvalue weighted by atomic mass is 9.88. The summed E-state index contributed by atoms with van der Waals surface area (Å²) in [4.78, 5) is 12.5. The Balaban J connectivity index is 1.60. The lowest BCUT2D eigenvalue weighted by molar-refractivity contribution is -0.126. The first-order valence-corrected chi connectivity index (χ1v) is 9.35. The zero-order valence-corrected chi connectivity index (χ0v) is 14.7. The van der Waals surface area contributed by atoms with Gasteiger partial charge in [0.25, 0.3) is 0 Å². The number of carbonyl (C=O) groups is 1. The zero-order valence-electron chi connectivity index (χ0n) is 14.7. The van der Waals surface area contributed by atoms with Crippen molar-refractivity contribution in [2.45, 2.75) is 45.1 Å². The highest BCUT2D eigenvalue weighted by Crippen LogP contribution is 2.34. The monoisotopic (exact) mass is 330 g/mol. The second-order valence-electron chi connectivity index (χ2n) is 7.38. The third-order valence-electron chi connectivity index (χ3n) is 5.69. The summed E-state index contributed by atoms with van der Waals surface area (Å²) in [5.41, 5.74) is 8.29. The topological polar surface area (TPSA) is 64.3 Å². The highest BCUT2D eigenvalue weighted by molar-refractivity contribution is 5.79. The third kappa shape index (κ3) is 3.98. The van der Waals surface area contributed by atoms with Crippen molar-refractivity contribution in [2.24, 2.45) is 23.5 Å². The molecule has 1 aliphatic carbocycles. The number of aryl methyl sites for hydroxylation is 1. The van der Waals surface area contributed by atoms with E-state index in [2.05, 4.69) is 36.5 Å². The molecule has 2 aliphatic rings. The number of benzene rings is 1. The predicted octanol–water partition coefficient (Wildman–Crippen LogP) is 2.95. The molecule has 2 unspecified atom stereocenters. The van der Waals surface area contributed by atoms with Crippen molar-refractivity contribution < 1.29 is 9.53 Å². The highest BCUT2D eigenvalue weighted by atomic mass is 16.5. The minimum Gasteiger partial charge on any atom is -0.373 e. The molecule has 0 aromatic heterocycles. The molecule has 132 valence electrons. The van der Waals surface area contributed by atoms with Crippen molar-refractivity contribution in [3.05, 3.63) is 35.4 Å². The maximum Gasteiger partial charge on any atom is 0.223 e. The molecule has 4 atom stereocenters. The minimum atomic E-state index is 0.0912. The fourth-order valence-corrected chi connectivity index (χ4v) is 4.20. The molecule has 3 N–H and O–H groups in total. The predicted molar refractivity (Wildman–Crippen MR) is 95.5 cm³/mol. The van der Waals surface area contributed by atoms with Gasteiger partial charge in [-0.3, -0.25) is 4.79 Å². The first-order chi connectivity index (χ1) is 11.7. The molecular weight excluding hydrogens is 300 g/mol. The Morgan fingerprint density at radius 3 is 2.67 bits per heavy atom. The quantitative estimate of drug-likeness (QED) is 0.872. The van der Waals surface area contributed by atoms with E-state index < -0.39 is 0 Å². The molecule has 1 heterocycles. The molecule has 1 aliphatic heterocycles.